The fourth-order valence-corrected chi connectivity index (χ4v) is 2.48. The second-order valence-electron chi connectivity index (χ2n) is 4.91. The maximum atomic E-state index is 5.28. The molecule has 0 aliphatic heterocycles. The molecule has 0 amide bonds. The van der Waals surface area contributed by atoms with E-state index in [1.54, 1.807) is 0 Å². The van der Waals surface area contributed by atoms with Gasteiger partial charge in [0.1, 0.15) is 0 Å². The van der Waals surface area contributed by atoms with E-state index in [0.717, 1.165) is 18.4 Å². The smallest absolute Gasteiger partial charge is 0.0654 e. The maximum absolute atomic E-state index is 5.28. The maximum Gasteiger partial charge on any atom is 0.0654 e. The van der Waals surface area contributed by atoms with E-state index in [0.29, 0.717) is 6.04 Å². The Kier molecular flexibility index (Phi) is 5.49. The average molecular weight is 199 g/mol. The molecule has 1 saturated carbocycles. The summed E-state index contributed by atoms with van der Waals surface area (Å²) in [7, 11) is 0. The van der Waals surface area contributed by atoms with E-state index in [9.17, 15) is 0 Å². The van der Waals surface area contributed by atoms with Crippen molar-refractivity contribution in [3.05, 3.63) is 0 Å². The van der Waals surface area contributed by atoms with Crippen LogP contribution in [0.15, 0.2) is 0 Å². The predicted octanol–water partition coefficient (Wildman–Crippen LogP) is 3.13. The molecule has 14 heavy (non-hydrogen) atoms. The Labute approximate surface area is 88.4 Å². The van der Waals surface area contributed by atoms with Gasteiger partial charge in [0.05, 0.1) is 6.61 Å². The van der Waals surface area contributed by atoms with Gasteiger partial charge in [-0.25, -0.2) is 0 Å². The van der Waals surface area contributed by atoms with Gasteiger partial charge >= 0.3 is 0 Å². The van der Waals surface area contributed by atoms with Crippen LogP contribution in [0.25, 0.3) is 0 Å². The van der Waals surface area contributed by atoms with Crippen molar-refractivity contribution in [1.29, 1.82) is 0 Å². The molecule has 0 aromatic carbocycles. The minimum absolute atomic E-state index is 0.604. The van der Waals surface area contributed by atoms with Crippen molar-refractivity contribution in [2.45, 2.75) is 58.9 Å². The molecule has 1 N–H and O–H groups in total. The van der Waals surface area contributed by atoms with Crippen LogP contribution in [0, 0.1) is 11.8 Å². The van der Waals surface area contributed by atoms with Crippen molar-refractivity contribution in [3.8, 4) is 0 Å². The molecule has 2 atom stereocenters. The molecule has 0 aromatic heterocycles. The molecule has 0 bridgehead atoms. The first-order valence-corrected chi connectivity index (χ1v) is 6.09. The number of hydrogen-bond acceptors (Lipinski definition) is 2. The van der Waals surface area contributed by atoms with E-state index < -0.39 is 0 Å². The molecule has 2 heteroatoms. The third-order valence-corrected chi connectivity index (χ3v) is 2.98. The van der Waals surface area contributed by atoms with Gasteiger partial charge in [0.25, 0.3) is 0 Å². The van der Waals surface area contributed by atoms with E-state index in [1.165, 1.54) is 32.1 Å². The van der Waals surface area contributed by atoms with E-state index in [4.69, 9.17) is 4.84 Å². The lowest BCUT2D eigenvalue weighted by Gasteiger charge is -2.30. The van der Waals surface area contributed by atoms with Gasteiger partial charge < -0.3 is 4.84 Å². The molecule has 0 spiro atoms. The monoisotopic (exact) mass is 199 g/mol. The summed E-state index contributed by atoms with van der Waals surface area (Å²) in [6, 6.07) is 0.604. The van der Waals surface area contributed by atoms with Crippen LogP contribution >= 0.6 is 0 Å². The quantitative estimate of drug-likeness (QED) is 0.687. The molecule has 84 valence electrons. The molecule has 1 rings (SSSR count). The molecule has 0 radical (unpaired) electrons. The van der Waals surface area contributed by atoms with E-state index in [1.807, 2.05) is 6.92 Å². The van der Waals surface area contributed by atoms with Crippen molar-refractivity contribution in [1.82, 2.24) is 5.48 Å². The lowest BCUT2D eigenvalue weighted by atomic mass is 9.81. The number of rotatable bonds is 5. The van der Waals surface area contributed by atoms with Gasteiger partial charge in [0.2, 0.25) is 0 Å². The van der Waals surface area contributed by atoms with Crippen LogP contribution in [0.2, 0.25) is 0 Å². The molecule has 1 aliphatic carbocycles. The lowest BCUT2D eigenvalue weighted by molar-refractivity contribution is 0.00764. The highest BCUT2D eigenvalue weighted by molar-refractivity contribution is 4.76. The number of hydroxylamine groups is 1. The second-order valence-corrected chi connectivity index (χ2v) is 4.91. The molecule has 1 fully saturated rings. The zero-order chi connectivity index (χ0) is 10.4. The summed E-state index contributed by atoms with van der Waals surface area (Å²) < 4.78 is 0. The highest BCUT2D eigenvalue weighted by atomic mass is 16.6. The summed E-state index contributed by atoms with van der Waals surface area (Å²) >= 11 is 0. The Morgan fingerprint density at radius 3 is 2.79 bits per heavy atom. The molecular formula is C12H25NO. The largest absolute Gasteiger partial charge is 0.302 e. The van der Waals surface area contributed by atoms with E-state index in [2.05, 4.69) is 19.3 Å². The highest BCUT2D eigenvalue weighted by Gasteiger charge is 2.22. The van der Waals surface area contributed by atoms with E-state index >= 15 is 0 Å². The van der Waals surface area contributed by atoms with Crippen LogP contribution in [0.3, 0.4) is 0 Å². The summed E-state index contributed by atoms with van der Waals surface area (Å²) in [5.74, 6) is 1.76. The summed E-state index contributed by atoms with van der Waals surface area (Å²) in [5.41, 5.74) is 3.17. The third kappa shape index (κ3) is 4.43. The topological polar surface area (TPSA) is 21.3 Å². The van der Waals surface area contributed by atoms with Crippen molar-refractivity contribution in [2.24, 2.45) is 11.8 Å². The fraction of sp³-hybridized carbons (Fsp3) is 1.00. The first-order valence-electron chi connectivity index (χ1n) is 6.09. The SMILES string of the molecule is CCONC1CCCC(CC(C)C)C1. The van der Waals surface area contributed by atoms with Crippen LogP contribution in [0.5, 0.6) is 0 Å². The zero-order valence-corrected chi connectivity index (χ0v) is 9.88. The summed E-state index contributed by atoms with van der Waals surface area (Å²) in [6.07, 6.45) is 6.75. The zero-order valence-electron chi connectivity index (χ0n) is 9.88. The van der Waals surface area contributed by atoms with Crippen LogP contribution in [0.4, 0.5) is 0 Å². The second kappa shape index (κ2) is 6.41. The molecule has 2 unspecified atom stereocenters. The number of hydrogen-bond donors (Lipinski definition) is 1. The van der Waals surface area contributed by atoms with Crippen molar-refractivity contribution < 1.29 is 4.84 Å². The molecular weight excluding hydrogens is 174 g/mol. The third-order valence-electron chi connectivity index (χ3n) is 2.98. The van der Waals surface area contributed by atoms with E-state index in [-0.39, 0.29) is 0 Å². The first kappa shape index (κ1) is 12.0. The Bertz CT molecular complexity index is 147. The summed E-state index contributed by atoms with van der Waals surface area (Å²) in [4.78, 5) is 5.28. The van der Waals surface area contributed by atoms with Crippen molar-refractivity contribution in [3.63, 3.8) is 0 Å². The minimum Gasteiger partial charge on any atom is -0.302 e. The van der Waals surface area contributed by atoms with Crippen molar-refractivity contribution >= 4 is 0 Å². The summed E-state index contributed by atoms with van der Waals surface area (Å²) in [6.45, 7) is 7.44. The molecule has 0 heterocycles. The van der Waals surface area contributed by atoms with Gasteiger partial charge in [-0.1, -0.05) is 26.7 Å². The molecule has 1 aliphatic rings. The lowest BCUT2D eigenvalue weighted by Crippen LogP contribution is -2.34. The molecule has 0 saturated heterocycles. The van der Waals surface area contributed by atoms with Gasteiger partial charge in [-0.05, 0) is 38.0 Å². The average Bonchev–Trinajstić information content (AvgIpc) is 2.14. The number of nitrogens with one attached hydrogen (secondary N) is 1. The predicted molar refractivity (Wildman–Crippen MR) is 60.0 cm³/mol. The van der Waals surface area contributed by atoms with Crippen LogP contribution in [-0.4, -0.2) is 12.6 Å². The van der Waals surface area contributed by atoms with Gasteiger partial charge in [-0.15, -0.1) is 0 Å². The van der Waals surface area contributed by atoms with Gasteiger partial charge in [0, 0.05) is 6.04 Å². The van der Waals surface area contributed by atoms with Crippen LogP contribution < -0.4 is 5.48 Å². The standard InChI is InChI=1S/C12H25NO/c1-4-14-13-12-7-5-6-11(9-12)8-10(2)3/h10-13H,4-9H2,1-3H3. The Hall–Kier alpha value is -0.0800. The minimum atomic E-state index is 0.604. The Balaban J connectivity index is 2.21. The van der Waals surface area contributed by atoms with Gasteiger partial charge in [-0.2, -0.15) is 5.48 Å². The van der Waals surface area contributed by atoms with Crippen LogP contribution in [-0.2, 0) is 4.84 Å². The highest BCUT2D eigenvalue weighted by Crippen LogP contribution is 2.29. The first-order chi connectivity index (χ1) is 6.72. The van der Waals surface area contributed by atoms with Gasteiger partial charge in [-0.3, -0.25) is 0 Å². The summed E-state index contributed by atoms with van der Waals surface area (Å²) in [5, 5.41) is 0. The molecule has 0 aromatic rings. The normalized spacial score (nSPS) is 28.3. The Morgan fingerprint density at radius 2 is 2.14 bits per heavy atom. The fourth-order valence-electron chi connectivity index (χ4n) is 2.48. The molecule has 2 nitrogen and oxygen atoms in total. The van der Waals surface area contributed by atoms with Gasteiger partial charge in [0.15, 0.2) is 0 Å². The van der Waals surface area contributed by atoms with Crippen molar-refractivity contribution in [2.75, 3.05) is 6.61 Å². The van der Waals surface area contributed by atoms with Crippen LogP contribution in [0.1, 0.15) is 52.9 Å². The Morgan fingerprint density at radius 1 is 1.36 bits per heavy atom.